The molecule has 1 aromatic heterocycles. The van der Waals surface area contributed by atoms with Crippen molar-refractivity contribution in [1.82, 2.24) is 9.78 Å². The van der Waals surface area contributed by atoms with Crippen LogP contribution >= 0.6 is 0 Å². The normalized spacial score (nSPS) is 10.6. The van der Waals surface area contributed by atoms with E-state index < -0.39 is 0 Å². The lowest BCUT2D eigenvalue weighted by molar-refractivity contribution is 0.628. The van der Waals surface area contributed by atoms with E-state index in [1.165, 1.54) is 12.1 Å². The molecule has 1 heterocycles. The minimum atomic E-state index is -0.249. The maximum atomic E-state index is 13.3. The van der Waals surface area contributed by atoms with Gasteiger partial charge in [0.1, 0.15) is 11.6 Å². The molecule has 4 heteroatoms. The predicted molar refractivity (Wildman–Crippen MR) is 73.4 cm³/mol. The standard InChI is InChI=1S/C15H12FN3/c16-13-5-1-3-11(9-13)12-4-2-6-14(10-12)19-15(17)7-8-18-19/h1-10H,17H2. The minimum Gasteiger partial charge on any atom is -0.384 e. The third-order valence-corrected chi connectivity index (χ3v) is 2.92. The Kier molecular flexibility index (Phi) is 2.76. The molecule has 0 saturated carbocycles. The van der Waals surface area contributed by atoms with Gasteiger partial charge in [-0.05, 0) is 35.4 Å². The van der Waals surface area contributed by atoms with Gasteiger partial charge in [0.25, 0.3) is 0 Å². The van der Waals surface area contributed by atoms with Gasteiger partial charge in [-0.3, -0.25) is 0 Å². The topological polar surface area (TPSA) is 43.8 Å². The molecular formula is C15H12FN3. The van der Waals surface area contributed by atoms with E-state index in [4.69, 9.17) is 5.73 Å². The fourth-order valence-electron chi connectivity index (χ4n) is 2.01. The van der Waals surface area contributed by atoms with Crippen LogP contribution in [-0.2, 0) is 0 Å². The second-order valence-electron chi connectivity index (χ2n) is 4.23. The first-order valence-electron chi connectivity index (χ1n) is 5.90. The third kappa shape index (κ3) is 2.20. The quantitative estimate of drug-likeness (QED) is 0.761. The molecule has 3 aromatic rings. The van der Waals surface area contributed by atoms with Crippen molar-refractivity contribution in [3.63, 3.8) is 0 Å². The molecule has 3 rings (SSSR count). The zero-order valence-electron chi connectivity index (χ0n) is 10.1. The van der Waals surface area contributed by atoms with Gasteiger partial charge in [-0.25, -0.2) is 9.07 Å². The summed E-state index contributed by atoms with van der Waals surface area (Å²) in [6.45, 7) is 0. The second kappa shape index (κ2) is 4.57. The van der Waals surface area contributed by atoms with E-state index in [0.29, 0.717) is 5.82 Å². The van der Waals surface area contributed by atoms with E-state index in [0.717, 1.165) is 16.8 Å². The molecule has 0 fully saturated rings. The van der Waals surface area contributed by atoms with E-state index in [2.05, 4.69) is 5.10 Å². The Morgan fingerprint density at radius 1 is 0.947 bits per heavy atom. The molecule has 0 atom stereocenters. The molecule has 94 valence electrons. The van der Waals surface area contributed by atoms with Crippen LogP contribution in [-0.4, -0.2) is 9.78 Å². The highest BCUT2D eigenvalue weighted by atomic mass is 19.1. The summed E-state index contributed by atoms with van der Waals surface area (Å²) in [6.07, 6.45) is 1.64. The zero-order valence-corrected chi connectivity index (χ0v) is 10.1. The van der Waals surface area contributed by atoms with Crippen LogP contribution in [0, 0.1) is 5.82 Å². The molecule has 0 aliphatic carbocycles. The molecule has 0 bridgehead atoms. The number of hydrogen-bond donors (Lipinski definition) is 1. The van der Waals surface area contributed by atoms with Crippen LogP contribution in [0.2, 0.25) is 0 Å². The van der Waals surface area contributed by atoms with Crippen molar-refractivity contribution in [2.45, 2.75) is 0 Å². The van der Waals surface area contributed by atoms with Crippen molar-refractivity contribution in [3.8, 4) is 16.8 Å². The number of nitrogens with two attached hydrogens (primary N) is 1. The highest BCUT2D eigenvalue weighted by Gasteiger charge is 2.04. The van der Waals surface area contributed by atoms with Gasteiger partial charge < -0.3 is 5.73 Å². The summed E-state index contributed by atoms with van der Waals surface area (Å²) >= 11 is 0. The van der Waals surface area contributed by atoms with Crippen LogP contribution in [0.1, 0.15) is 0 Å². The predicted octanol–water partition coefficient (Wildman–Crippen LogP) is 3.26. The maximum Gasteiger partial charge on any atom is 0.127 e. The average molecular weight is 253 g/mol. The summed E-state index contributed by atoms with van der Waals surface area (Å²) in [4.78, 5) is 0. The number of benzene rings is 2. The molecule has 2 N–H and O–H groups in total. The maximum absolute atomic E-state index is 13.3. The molecule has 0 radical (unpaired) electrons. The molecule has 2 aromatic carbocycles. The minimum absolute atomic E-state index is 0.249. The molecular weight excluding hydrogens is 241 g/mol. The molecule has 0 aliphatic rings. The first kappa shape index (κ1) is 11.5. The molecule has 0 amide bonds. The summed E-state index contributed by atoms with van der Waals surface area (Å²) in [5, 5.41) is 4.16. The van der Waals surface area contributed by atoms with Gasteiger partial charge in [0.05, 0.1) is 11.9 Å². The Labute approximate surface area is 110 Å². The Morgan fingerprint density at radius 2 is 1.68 bits per heavy atom. The van der Waals surface area contributed by atoms with Crippen molar-refractivity contribution in [2.24, 2.45) is 0 Å². The van der Waals surface area contributed by atoms with Crippen LogP contribution < -0.4 is 5.73 Å². The van der Waals surface area contributed by atoms with E-state index >= 15 is 0 Å². The molecule has 0 spiro atoms. The first-order valence-corrected chi connectivity index (χ1v) is 5.90. The van der Waals surface area contributed by atoms with Crippen LogP contribution in [0.5, 0.6) is 0 Å². The van der Waals surface area contributed by atoms with E-state index in [-0.39, 0.29) is 5.82 Å². The monoisotopic (exact) mass is 253 g/mol. The fraction of sp³-hybridized carbons (Fsp3) is 0. The molecule has 3 nitrogen and oxygen atoms in total. The van der Waals surface area contributed by atoms with Crippen molar-refractivity contribution >= 4 is 5.82 Å². The molecule has 19 heavy (non-hydrogen) atoms. The summed E-state index contributed by atoms with van der Waals surface area (Å²) in [6, 6.07) is 15.9. The lowest BCUT2D eigenvalue weighted by Gasteiger charge is -2.07. The van der Waals surface area contributed by atoms with Crippen LogP contribution in [0.25, 0.3) is 16.8 Å². The van der Waals surface area contributed by atoms with Gasteiger partial charge in [-0.2, -0.15) is 5.10 Å². The average Bonchev–Trinajstić information content (AvgIpc) is 2.85. The fourth-order valence-corrected chi connectivity index (χ4v) is 2.01. The van der Waals surface area contributed by atoms with Gasteiger partial charge in [0.15, 0.2) is 0 Å². The summed E-state index contributed by atoms with van der Waals surface area (Å²) in [7, 11) is 0. The number of aromatic nitrogens is 2. The first-order chi connectivity index (χ1) is 9.24. The number of nitrogen functional groups attached to an aromatic ring is 1. The Bertz CT molecular complexity index is 719. The Balaban J connectivity index is 2.08. The molecule has 0 unspecified atom stereocenters. The van der Waals surface area contributed by atoms with Crippen LogP contribution in [0.3, 0.4) is 0 Å². The van der Waals surface area contributed by atoms with Gasteiger partial charge in [0.2, 0.25) is 0 Å². The Morgan fingerprint density at radius 3 is 2.37 bits per heavy atom. The zero-order chi connectivity index (χ0) is 13.2. The number of halogens is 1. The lowest BCUT2D eigenvalue weighted by Crippen LogP contribution is -2.01. The van der Waals surface area contributed by atoms with Crippen molar-refractivity contribution in [2.75, 3.05) is 5.73 Å². The van der Waals surface area contributed by atoms with Gasteiger partial charge in [-0.15, -0.1) is 0 Å². The van der Waals surface area contributed by atoms with Gasteiger partial charge >= 0.3 is 0 Å². The number of rotatable bonds is 2. The van der Waals surface area contributed by atoms with Crippen molar-refractivity contribution < 1.29 is 4.39 Å². The highest BCUT2D eigenvalue weighted by molar-refractivity contribution is 5.66. The van der Waals surface area contributed by atoms with Gasteiger partial charge in [-0.1, -0.05) is 24.3 Å². The largest absolute Gasteiger partial charge is 0.384 e. The number of anilines is 1. The lowest BCUT2D eigenvalue weighted by atomic mass is 10.1. The smallest absolute Gasteiger partial charge is 0.127 e. The summed E-state index contributed by atoms with van der Waals surface area (Å²) in [5.74, 6) is 0.317. The number of nitrogens with zero attached hydrogens (tertiary/aromatic N) is 2. The van der Waals surface area contributed by atoms with E-state index in [9.17, 15) is 4.39 Å². The van der Waals surface area contributed by atoms with Crippen LogP contribution in [0.15, 0.2) is 60.8 Å². The Hall–Kier alpha value is -2.62. The van der Waals surface area contributed by atoms with Gasteiger partial charge in [0, 0.05) is 6.07 Å². The SMILES string of the molecule is Nc1ccnn1-c1cccc(-c2cccc(F)c2)c1. The highest BCUT2D eigenvalue weighted by Crippen LogP contribution is 2.23. The second-order valence-corrected chi connectivity index (χ2v) is 4.23. The molecule has 0 saturated heterocycles. The summed E-state index contributed by atoms with van der Waals surface area (Å²) < 4.78 is 14.9. The number of hydrogen-bond acceptors (Lipinski definition) is 2. The molecule has 0 aliphatic heterocycles. The van der Waals surface area contributed by atoms with E-state index in [1.54, 1.807) is 23.0 Å². The van der Waals surface area contributed by atoms with E-state index in [1.807, 2.05) is 30.3 Å². The van der Waals surface area contributed by atoms with Crippen molar-refractivity contribution in [1.29, 1.82) is 0 Å². The van der Waals surface area contributed by atoms with Crippen LogP contribution in [0.4, 0.5) is 10.2 Å². The van der Waals surface area contributed by atoms with Crippen molar-refractivity contribution in [3.05, 3.63) is 66.6 Å². The summed E-state index contributed by atoms with van der Waals surface area (Å²) in [5.41, 5.74) is 8.43. The third-order valence-electron chi connectivity index (χ3n) is 2.92.